The molecule has 1 unspecified atom stereocenters. The van der Waals surface area contributed by atoms with Gasteiger partial charge in [-0.25, -0.2) is 0 Å². The first-order valence-electron chi connectivity index (χ1n) is 6.51. The SMILES string of the molecule is COCCCNC(=O)c1cccc2c1OC(C)C(=O)N2. The van der Waals surface area contributed by atoms with Gasteiger partial charge in [0.2, 0.25) is 0 Å². The van der Waals surface area contributed by atoms with E-state index in [4.69, 9.17) is 9.47 Å². The molecule has 1 aromatic rings. The highest BCUT2D eigenvalue weighted by Crippen LogP contribution is 2.33. The maximum absolute atomic E-state index is 12.1. The van der Waals surface area contributed by atoms with Crippen LogP contribution >= 0.6 is 0 Å². The smallest absolute Gasteiger partial charge is 0.265 e. The summed E-state index contributed by atoms with van der Waals surface area (Å²) < 4.78 is 10.4. The van der Waals surface area contributed by atoms with Crippen LogP contribution in [0.2, 0.25) is 0 Å². The summed E-state index contributed by atoms with van der Waals surface area (Å²) in [6.45, 7) is 2.76. The average Bonchev–Trinajstić information content (AvgIpc) is 2.44. The normalized spacial score (nSPS) is 16.9. The molecular weight excluding hydrogens is 260 g/mol. The molecule has 2 rings (SSSR count). The van der Waals surface area contributed by atoms with Crippen LogP contribution in [0.25, 0.3) is 0 Å². The van der Waals surface area contributed by atoms with Gasteiger partial charge in [0, 0.05) is 20.3 Å². The molecule has 0 aromatic heterocycles. The Hall–Kier alpha value is -2.08. The number of carbonyl (C=O) groups is 2. The number of para-hydroxylation sites is 1. The van der Waals surface area contributed by atoms with Crippen molar-refractivity contribution in [2.24, 2.45) is 0 Å². The standard InChI is InChI=1S/C14H18N2O4/c1-9-13(17)16-11-6-3-5-10(12(11)20-9)14(18)15-7-4-8-19-2/h3,5-6,9H,4,7-8H2,1-2H3,(H,15,18)(H,16,17). The third-order valence-corrected chi connectivity index (χ3v) is 2.99. The van der Waals surface area contributed by atoms with Gasteiger partial charge in [-0.15, -0.1) is 0 Å². The quantitative estimate of drug-likeness (QED) is 0.793. The lowest BCUT2D eigenvalue weighted by Gasteiger charge is -2.25. The first-order chi connectivity index (χ1) is 9.63. The van der Waals surface area contributed by atoms with Crippen LogP contribution in [0.1, 0.15) is 23.7 Å². The molecule has 1 aliphatic rings. The summed E-state index contributed by atoms with van der Waals surface area (Å²) in [4.78, 5) is 23.7. The summed E-state index contributed by atoms with van der Waals surface area (Å²) >= 11 is 0. The molecule has 0 radical (unpaired) electrons. The summed E-state index contributed by atoms with van der Waals surface area (Å²) in [7, 11) is 1.62. The second kappa shape index (κ2) is 6.38. The van der Waals surface area contributed by atoms with Crippen molar-refractivity contribution in [1.29, 1.82) is 0 Å². The molecule has 0 saturated carbocycles. The van der Waals surface area contributed by atoms with Gasteiger partial charge in [-0.1, -0.05) is 6.07 Å². The molecule has 6 heteroatoms. The second-order valence-electron chi connectivity index (χ2n) is 4.53. The fraction of sp³-hybridized carbons (Fsp3) is 0.429. The molecule has 1 atom stereocenters. The fourth-order valence-corrected chi connectivity index (χ4v) is 1.92. The second-order valence-corrected chi connectivity index (χ2v) is 4.53. The van der Waals surface area contributed by atoms with Crippen molar-refractivity contribution in [2.75, 3.05) is 25.6 Å². The molecule has 0 bridgehead atoms. The van der Waals surface area contributed by atoms with Crippen LogP contribution < -0.4 is 15.4 Å². The molecule has 0 aliphatic carbocycles. The van der Waals surface area contributed by atoms with E-state index in [1.807, 2.05) is 0 Å². The minimum Gasteiger partial charge on any atom is -0.478 e. The molecule has 1 aromatic carbocycles. The number of ether oxygens (including phenoxy) is 2. The van der Waals surface area contributed by atoms with Gasteiger partial charge < -0.3 is 20.1 Å². The number of carbonyl (C=O) groups excluding carboxylic acids is 2. The molecule has 0 spiro atoms. The molecule has 6 nitrogen and oxygen atoms in total. The number of methoxy groups -OCH3 is 1. The van der Waals surface area contributed by atoms with Crippen LogP contribution in [-0.2, 0) is 9.53 Å². The number of hydrogen-bond acceptors (Lipinski definition) is 4. The number of rotatable bonds is 5. The lowest BCUT2D eigenvalue weighted by Crippen LogP contribution is -2.36. The minimum atomic E-state index is -0.607. The maximum atomic E-state index is 12.1. The summed E-state index contributed by atoms with van der Waals surface area (Å²) in [6, 6.07) is 5.10. The molecule has 0 saturated heterocycles. The van der Waals surface area contributed by atoms with Gasteiger partial charge in [-0.3, -0.25) is 9.59 Å². The van der Waals surface area contributed by atoms with Gasteiger partial charge >= 0.3 is 0 Å². The Labute approximate surface area is 117 Å². The molecule has 20 heavy (non-hydrogen) atoms. The van der Waals surface area contributed by atoms with Crippen LogP contribution in [0.15, 0.2) is 18.2 Å². The largest absolute Gasteiger partial charge is 0.478 e. The molecule has 2 amide bonds. The van der Waals surface area contributed by atoms with Crippen molar-refractivity contribution >= 4 is 17.5 Å². The Morgan fingerprint density at radius 3 is 3.05 bits per heavy atom. The number of hydrogen-bond donors (Lipinski definition) is 2. The van der Waals surface area contributed by atoms with E-state index in [0.29, 0.717) is 30.2 Å². The van der Waals surface area contributed by atoms with E-state index in [9.17, 15) is 9.59 Å². The molecule has 1 heterocycles. The van der Waals surface area contributed by atoms with Crippen molar-refractivity contribution in [1.82, 2.24) is 5.32 Å². The predicted molar refractivity (Wildman–Crippen MR) is 74.0 cm³/mol. The van der Waals surface area contributed by atoms with Gasteiger partial charge in [0.05, 0.1) is 11.3 Å². The Morgan fingerprint density at radius 2 is 2.30 bits per heavy atom. The van der Waals surface area contributed by atoms with Crippen LogP contribution in [0.3, 0.4) is 0 Å². The zero-order valence-corrected chi connectivity index (χ0v) is 11.6. The van der Waals surface area contributed by atoms with Gasteiger partial charge in [0.1, 0.15) is 0 Å². The molecule has 0 fully saturated rings. The van der Waals surface area contributed by atoms with Gasteiger partial charge in [0.25, 0.3) is 11.8 Å². The van der Waals surface area contributed by atoms with Crippen LogP contribution in [0.5, 0.6) is 5.75 Å². The average molecular weight is 278 g/mol. The minimum absolute atomic E-state index is 0.213. The third kappa shape index (κ3) is 3.08. The van der Waals surface area contributed by atoms with E-state index in [0.717, 1.165) is 6.42 Å². The molecule has 1 aliphatic heterocycles. The highest BCUT2D eigenvalue weighted by Gasteiger charge is 2.27. The van der Waals surface area contributed by atoms with Gasteiger partial charge in [0.15, 0.2) is 11.9 Å². The van der Waals surface area contributed by atoms with Crippen molar-refractivity contribution in [3.63, 3.8) is 0 Å². The Balaban J connectivity index is 2.11. The highest BCUT2D eigenvalue weighted by atomic mass is 16.5. The van der Waals surface area contributed by atoms with Crippen molar-refractivity contribution in [2.45, 2.75) is 19.4 Å². The van der Waals surface area contributed by atoms with Gasteiger partial charge in [-0.2, -0.15) is 0 Å². The zero-order valence-electron chi connectivity index (χ0n) is 11.6. The summed E-state index contributed by atoms with van der Waals surface area (Å²) in [5.41, 5.74) is 0.949. The first-order valence-corrected chi connectivity index (χ1v) is 6.51. The van der Waals surface area contributed by atoms with Crippen molar-refractivity contribution in [3.05, 3.63) is 23.8 Å². The summed E-state index contributed by atoms with van der Waals surface area (Å²) in [5.74, 6) is -0.0136. The third-order valence-electron chi connectivity index (χ3n) is 2.99. The molecule has 108 valence electrons. The van der Waals surface area contributed by atoms with Crippen molar-refractivity contribution < 1.29 is 19.1 Å². The van der Waals surface area contributed by atoms with E-state index in [-0.39, 0.29) is 11.8 Å². The first kappa shape index (κ1) is 14.3. The lowest BCUT2D eigenvalue weighted by atomic mass is 10.1. The monoisotopic (exact) mass is 278 g/mol. The van der Waals surface area contributed by atoms with Crippen molar-refractivity contribution in [3.8, 4) is 5.75 Å². The zero-order chi connectivity index (χ0) is 14.5. The van der Waals surface area contributed by atoms with E-state index >= 15 is 0 Å². The van der Waals surface area contributed by atoms with E-state index < -0.39 is 6.10 Å². The van der Waals surface area contributed by atoms with Crippen LogP contribution in [0.4, 0.5) is 5.69 Å². The number of anilines is 1. The number of benzene rings is 1. The Morgan fingerprint density at radius 1 is 1.50 bits per heavy atom. The maximum Gasteiger partial charge on any atom is 0.265 e. The number of nitrogens with one attached hydrogen (secondary N) is 2. The predicted octanol–water partition coefficient (Wildman–Crippen LogP) is 1.17. The molecular formula is C14H18N2O4. The Bertz CT molecular complexity index is 516. The topological polar surface area (TPSA) is 76.7 Å². The molecule has 2 N–H and O–H groups in total. The van der Waals surface area contributed by atoms with E-state index in [2.05, 4.69) is 10.6 Å². The van der Waals surface area contributed by atoms with E-state index in [1.54, 1.807) is 32.2 Å². The van der Waals surface area contributed by atoms with Crippen LogP contribution in [-0.4, -0.2) is 38.2 Å². The van der Waals surface area contributed by atoms with E-state index in [1.165, 1.54) is 0 Å². The highest BCUT2D eigenvalue weighted by molar-refractivity contribution is 6.03. The number of fused-ring (bicyclic) bond motifs is 1. The Kier molecular flexibility index (Phi) is 4.57. The summed E-state index contributed by atoms with van der Waals surface area (Å²) in [6.07, 6.45) is 0.135. The van der Waals surface area contributed by atoms with Crippen LogP contribution in [0, 0.1) is 0 Å². The fourth-order valence-electron chi connectivity index (χ4n) is 1.92. The van der Waals surface area contributed by atoms with Gasteiger partial charge in [-0.05, 0) is 25.5 Å². The number of amides is 2. The summed E-state index contributed by atoms with van der Waals surface area (Å²) in [5, 5.41) is 5.52. The lowest BCUT2D eigenvalue weighted by molar-refractivity contribution is -0.122.